The smallest absolute Gasteiger partial charge is 0.258 e. The Hall–Kier alpha value is -2.67. The molecule has 0 saturated carbocycles. The first-order valence-corrected chi connectivity index (χ1v) is 8.46. The fraction of sp³-hybridized carbons (Fsp3) is 0.222. The zero-order valence-corrected chi connectivity index (χ0v) is 14.8. The largest absolute Gasteiger partial charge is 0.481 e. The number of carbonyl (C=O) groups is 2. The number of nitrogens with two attached hydrogens (primary N) is 2. The number of ether oxygens (including phenoxy) is 2. The van der Waals surface area contributed by atoms with Crippen molar-refractivity contribution >= 4 is 23.6 Å². The summed E-state index contributed by atoms with van der Waals surface area (Å²) in [5, 5.41) is 0. The maximum Gasteiger partial charge on any atom is 0.258 e. The summed E-state index contributed by atoms with van der Waals surface area (Å²) in [6, 6.07) is 14.7. The van der Waals surface area contributed by atoms with Crippen LogP contribution in [0.15, 0.2) is 58.3 Å². The molecule has 6 nitrogen and oxygen atoms in total. The third-order valence-corrected chi connectivity index (χ3v) is 4.33. The van der Waals surface area contributed by atoms with Gasteiger partial charge in [0.15, 0.2) is 12.2 Å². The van der Waals surface area contributed by atoms with Crippen molar-refractivity contribution in [2.45, 2.75) is 35.8 Å². The van der Waals surface area contributed by atoms with Crippen LogP contribution < -0.4 is 20.9 Å². The molecule has 0 saturated heterocycles. The third kappa shape index (κ3) is 5.72. The van der Waals surface area contributed by atoms with Crippen molar-refractivity contribution in [3.05, 3.63) is 48.5 Å². The predicted molar refractivity (Wildman–Crippen MR) is 95.6 cm³/mol. The molecule has 0 radical (unpaired) electrons. The molecule has 0 aliphatic rings. The standard InChI is InChI=1S/C18H20N2O4S/c1-11(17(19)21)23-13-3-7-15(8-4-13)25-16-9-5-14(6-10-16)24-12(2)18(20)22/h3-12H,1-2H3,(H2,19,21)(H2,20,22)/t11-,12-/m0/s1. The first-order chi connectivity index (χ1) is 11.8. The molecular formula is C18H20N2O4S. The van der Waals surface area contributed by atoms with Gasteiger partial charge in [-0.05, 0) is 62.4 Å². The second kappa shape index (κ2) is 8.43. The lowest BCUT2D eigenvalue weighted by molar-refractivity contribution is -0.124. The Kier molecular flexibility index (Phi) is 6.30. The molecule has 2 atom stereocenters. The Morgan fingerprint density at radius 3 is 1.36 bits per heavy atom. The van der Waals surface area contributed by atoms with Gasteiger partial charge in [0.2, 0.25) is 0 Å². The predicted octanol–water partition coefficient (Wildman–Crippen LogP) is 2.34. The van der Waals surface area contributed by atoms with Crippen molar-refractivity contribution in [3.63, 3.8) is 0 Å². The zero-order valence-electron chi connectivity index (χ0n) is 14.0. The molecular weight excluding hydrogens is 340 g/mol. The first kappa shape index (κ1) is 18.7. The summed E-state index contributed by atoms with van der Waals surface area (Å²) < 4.78 is 10.8. The minimum Gasteiger partial charge on any atom is -0.481 e. The Balaban J connectivity index is 1.95. The second-order valence-corrected chi connectivity index (χ2v) is 6.52. The lowest BCUT2D eigenvalue weighted by atomic mass is 10.3. The van der Waals surface area contributed by atoms with Gasteiger partial charge in [-0.1, -0.05) is 11.8 Å². The van der Waals surface area contributed by atoms with Crippen LogP contribution in [0.25, 0.3) is 0 Å². The minimum absolute atomic E-state index is 0.508. The van der Waals surface area contributed by atoms with Gasteiger partial charge in [0.1, 0.15) is 11.5 Å². The molecule has 2 rings (SSSR count). The van der Waals surface area contributed by atoms with Crippen molar-refractivity contribution in [1.29, 1.82) is 0 Å². The number of carbonyl (C=O) groups excluding carboxylic acids is 2. The average Bonchev–Trinajstić information content (AvgIpc) is 2.58. The molecule has 0 spiro atoms. The van der Waals surface area contributed by atoms with Gasteiger partial charge in [0.25, 0.3) is 11.8 Å². The van der Waals surface area contributed by atoms with Crippen molar-refractivity contribution in [2.75, 3.05) is 0 Å². The molecule has 0 aliphatic carbocycles. The molecule has 2 aromatic rings. The van der Waals surface area contributed by atoms with Crippen LogP contribution in [0.2, 0.25) is 0 Å². The van der Waals surface area contributed by atoms with Crippen molar-refractivity contribution in [1.82, 2.24) is 0 Å². The van der Waals surface area contributed by atoms with E-state index in [0.717, 1.165) is 9.79 Å². The number of hydrogen-bond donors (Lipinski definition) is 2. The highest BCUT2D eigenvalue weighted by Crippen LogP contribution is 2.30. The van der Waals surface area contributed by atoms with E-state index in [0.29, 0.717) is 11.5 Å². The monoisotopic (exact) mass is 360 g/mol. The molecule has 0 heterocycles. The van der Waals surface area contributed by atoms with Crippen molar-refractivity contribution < 1.29 is 19.1 Å². The van der Waals surface area contributed by atoms with Gasteiger partial charge >= 0.3 is 0 Å². The van der Waals surface area contributed by atoms with Crippen LogP contribution in [0.3, 0.4) is 0 Å². The quantitative estimate of drug-likeness (QED) is 0.752. The van der Waals surface area contributed by atoms with Gasteiger partial charge in [-0.15, -0.1) is 0 Å². The van der Waals surface area contributed by atoms with Gasteiger partial charge in [0, 0.05) is 9.79 Å². The van der Waals surface area contributed by atoms with E-state index in [1.807, 2.05) is 24.3 Å². The van der Waals surface area contributed by atoms with Crippen LogP contribution in [0.5, 0.6) is 11.5 Å². The Labute approximate surface area is 150 Å². The van der Waals surface area contributed by atoms with Crippen LogP contribution in [0.4, 0.5) is 0 Å². The van der Waals surface area contributed by atoms with Crippen LogP contribution in [0, 0.1) is 0 Å². The summed E-state index contributed by atoms with van der Waals surface area (Å²) in [5.74, 6) is 0.150. The third-order valence-electron chi connectivity index (χ3n) is 3.31. The van der Waals surface area contributed by atoms with Gasteiger partial charge in [0.05, 0.1) is 0 Å². The number of benzene rings is 2. The summed E-state index contributed by atoms with van der Waals surface area (Å²) in [7, 11) is 0. The number of hydrogen-bond acceptors (Lipinski definition) is 5. The van der Waals surface area contributed by atoms with Crippen molar-refractivity contribution in [2.24, 2.45) is 11.5 Å². The Bertz CT molecular complexity index is 668. The van der Waals surface area contributed by atoms with Crippen LogP contribution >= 0.6 is 11.8 Å². The van der Waals surface area contributed by atoms with Gasteiger partial charge < -0.3 is 20.9 Å². The molecule has 0 aliphatic heterocycles. The fourth-order valence-corrected chi connectivity index (χ4v) is 2.65. The van der Waals surface area contributed by atoms with E-state index in [2.05, 4.69) is 0 Å². The van der Waals surface area contributed by atoms with E-state index in [-0.39, 0.29) is 0 Å². The zero-order chi connectivity index (χ0) is 18.4. The summed E-state index contributed by atoms with van der Waals surface area (Å²) >= 11 is 1.56. The summed E-state index contributed by atoms with van der Waals surface area (Å²) in [6.07, 6.45) is -1.34. The SMILES string of the molecule is C[C@H](Oc1ccc(Sc2ccc(O[C@@H](C)C(N)=O)cc2)cc1)C(N)=O. The highest BCUT2D eigenvalue weighted by Gasteiger charge is 2.11. The number of amides is 2. The van der Waals surface area contributed by atoms with E-state index in [1.165, 1.54) is 0 Å². The van der Waals surface area contributed by atoms with E-state index in [4.69, 9.17) is 20.9 Å². The van der Waals surface area contributed by atoms with E-state index in [1.54, 1.807) is 49.9 Å². The normalized spacial score (nSPS) is 12.9. The van der Waals surface area contributed by atoms with E-state index < -0.39 is 24.0 Å². The molecule has 2 aromatic carbocycles. The molecule has 132 valence electrons. The van der Waals surface area contributed by atoms with Crippen LogP contribution in [-0.4, -0.2) is 24.0 Å². The summed E-state index contributed by atoms with van der Waals surface area (Å²) in [6.45, 7) is 3.21. The molecule has 7 heteroatoms. The molecule has 0 unspecified atom stereocenters. The maximum atomic E-state index is 11.0. The molecule has 0 aromatic heterocycles. The topological polar surface area (TPSA) is 105 Å². The average molecular weight is 360 g/mol. The van der Waals surface area contributed by atoms with Gasteiger partial charge in [-0.2, -0.15) is 0 Å². The van der Waals surface area contributed by atoms with Gasteiger partial charge in [-0.25, -0.2) is 0 Å². The molecule has 25 heavy (non-hydrogen) atoms. The Morgan fingerprint density at radius 2 is 1.08 bits per heavy atom. The number of rotatable bonds is 8. The molecule has 0 fully saturated rings. The minimum atomic E-state index is -0.672. The second-order valence-electron chi connectivity index (χ2n) is 5.37. The molecule has 4 N–H and O–H groups in total. The Morgan fingerprint density at radius 1 is 0.760 bits per heavy atom. The fourth-order valence-electron chi connectivity index (χ4n) is 1.83. The summed E-state index contributed by atoms with van der Waals surface area (Å²) in [4.78, 5) is 24.0. The lowest BCUT2D eigenvalue weighted by Crippen LogP contribution is -2.30. The highest BCUT2D eigenvalue weighted by atomic mass is 32.2. The lowest BCUT2D eigenvalue weighted by Gasteiger charge is -2.12. The van der Waals surface area contributed by atoms with Crippen LogP contribution in [-0.2, 0) is 9.59 Å². The van der Waals surface area contributed by atoms with Crippen molar-refractivity contribution in [3.8, 4) is 11.5 Å². The maximum absolute atomic E-state index is 11.0. The first-order valence-electron chi connectivity index (χ1n) is 7.65. The van der Waals surface area contributed by atoms with Crippen LogP contribution in [0.1, 0.15) is 13.8 Å². The molecule has 0 bridgehead atoms. The summed E-state index contributed by atoms with van der Waals surface area (Å²) in [5.41, 5.74) is 10.3. The van der Waals surface area contributed by atoms with Gasteiger partial charge in [-0.3, -0.25) is 9.59 Å². The highest BCUT2D eigenvalue weighted by molar-refractivity contribution is 7.99. The number of primary amides is 2. The van der Waals surface area contributed by atoms with E-state index >= 15 is 0 Å². The molecule has 2 amide bonds. The van der Waals surface area contributed by atoms with E-state index in [9.17, 15) is 9.59 Å².